The minimum absolute atomic E-state index is 0.0393. The maximum Gasteiger partial charge on any atom is 0.295 e. The van der Waals surface area contributed by atoms with Gasteiger partial charge < -0.3 is 4.74 Å². The molecule has 0 aliphatic rings. The first-order chi connectivity index (χ1) is 16.1. The van der Waals surface area contributed by atoms with Crippen molar-refractivity contribution in [2.75, 3.05) is 17.3 Å². The second-order valence-corrected chi connectivity index (χ2v) is 8.54. The average Bonchev–Trinajstić information content (AvgIpc) is 2.82. The number of hydrogen-bond acceptors (Lipinski definition) is 9. The summed E-state index contributed by atoms with van der Waals surface area (Å²) in [5.41, 5.74) is 3.06. The van der Waals surface area contributed by atoms with E-state index in [2.05, 4.69) is 15.2 Å². The Morgan fingerprint density at radius 1 is 0.941 bits per heavy atom. The van der Waals surface area contributed by atoms with Crippen LogP contribution in [0.4, 0.5) is 22.7 Å². The van der Waals surface area contributed by atoms with E-state index in [4.69, 9.17) is 4.74 Å². The molecule has 3 aromatic rings. The summed E-state index contributed by atoms with van der Waals surface area (Å²) in [6.45, 7) is 1.61. The first-order valence-corrected chi connectivity index (χ1v) is 11.1. The zero-order valence-corrected chi connectivity index (χ0v) is 18.8. The summed E-state index contributed by atoms with van der Waals surface area (Å²) in [7, 11) is -2.77. The van der Waals surface area contributed by atoms with E-state index in [1.165, 1.54) is 49.6 Å². The Morgan fingerprint density at radius 3 is 2.24 bits per heavy atom. The predicted octanol–water partition coefficient (Wildman–Crippen LogP) is 4.15. The molecule has 12 nitrogen and oxygen atoms in total. The van der Waals surface area contributed by atoms with Gasteiger partial charge in [-0.1, -0.05) is 12.1 Å². The molecular formula is C21H19N5O7S. The first kappa shape index (κ1) is 24.1. The third-order valence-corrected chi connectivity index (χ3v) is 6.03. The normalized spacial score (nSPS) is 11.5. The maximum absolute atomic E-state index is 12.8. The van der Waals surface area contributed by atoms with E-state index in [1.807, 2.05) is 0 Å². The highest BCUT2D eigenvalue weighted by Gasteiger charge is 2.22. The molecule has 3 rings (SSSR count). The smallest absolute Gasteiger partial charge is 0.295 e. The lowest BCUT2D eigenvalue weighted by atomic mass is 10.1. The largest absolute Gasteiger partial charge is 0.495 e. The van der Waals surface area contributed by atoms with Crippen LogP contribution in [0.2, 0.25) is 0 Å². The third-order valence-electron chi connectivity index (χ3n) is 4.67. The molecule has 176 valence electrons. The zero-order chi connectivity index (χ0) is 24.9. The fourth-order valence-electron chi connectivity index (χ4n) is 2.89. The van der Waals surface area contributed by atoms with Crippen LogP contribution in [-0.4, -0.2) is 31.1 Å². The van der Waals surface area contributed by atoms with Gasteiger partial charge in [-0.05, 0) is 48.9 Å². The lowest BCUT2D eigenvalue weighted by Gasteiger charge is -2.12. The Balaban J connectivity index is 1.87. The quantitative estimate of drug-likeness (QED) is 0.259. The summed E-state index contributed by atoms with van der Waals surface area (Å²) in [6, 6.07) is 15.3. The summed E-state index contributed by atoms with van der Waals surface area (Å²) in [4.78, 5) is 20.8. The number of methoxy groups -OCH3 is 1. The van der Waals surface area contributed by atoms with E-state index in [-0.39, 0.29) is 27.7 Å². The molecule has 34 heavy (non-hydrogen) atoms. The van der Waals surface area contributed by atoms with E-state index < -0.39 is 25.6 Å². The number of hydrogen-bond donors (Lipinski definition) is 2. The van der Waals surface area contributed by atoms with E-state index in [9.17, 15) is 28.6 Å². The SMILES string of the molecule is COc1ccccc1NS(=O)(=O)c1ccc(N/N=C(\C)c2ccc([N+](=O)[O-])cc2)c([N+](=O)[O-])c1. The molecule has 0 spiro atoms. The molecule has 0 fully saturated rings. The highest BCUT2D eigenvalue weighted by atomic mass is 32.2. The number of nitrogens with zero attached hydrogens (tertiary/aromatic N) is 3. The molecule has 0 amide bonds. The molecule has 0 radical (unpaired) electrons. The summed E-state index contributed by atoms with van der Waals surface area (Å²) >= 11 is 0. The standard InChI is InChI=1S/C21H19N5O7S/c1-14(15-7-9-16(10-8-15)25(27)28)22-23-18-12-11-17(13-20(18)26(29)30)34(31,32)24-19-5-3-4-6-21(19)33-2/h3-13,23-24H,1-2H3/b22-14+. The number of hydrazone groups is 1. The van der Waals surface area contributed by atoms with Gasteiger partial charge in [0, 0.05) is 18.2 Å². The van der Waals surface area contributed by atoms with Gasteiger partial charge in [-0.3, -0.25) is 30.4 Å². The molecule has 3 aromatic carbocycles. The maximum atomic E-state index is 12.8. The van der Waals surface area contributed by atoms with Crippen molar-refractivity contribution in [3.63, 3.8) is 0 Å². The molecule has 13 heteroatoms. The summed E-state index contributed by atoms with van der Waals surface area (Å²) < 4.78 is 33.1. The van der Waals surface area contributed by atoms with Crippen molar-refractivity contribution in [2.24, 2.45) is 5.10 Å². The lowest BCUT2D eigenvalue weighted by Crippen LogP contribution is -2.14. The fraction of sp³-hybridized carbons (Fsp3) is 0.0952. The number of non-ortho nitro benzene ring substituents is 1. The Labute approximate surface area is 194 Å². The van der Waals surface area contributed by atoms with Crippen LogP contribution in [0.15, 0.2) is 76.7 Å². The van der Waals surface area contributed by atoms with Crippen LogP contribution in [-0.2, 0) is 10.0 Å². The molecule has 0 saturated heterocycles. The number of sulfonamides is 1. The highest BCUT2D eigenvalue weighted by Crippen LogP contribution is 2.30. The molecule has 0 saturated carbocycles. The molecule has 0 bridgehead atoms. The van der Waals surface area contributed by atoms with Crippen molar-refractivity contribution in [1.29, 1.82) is 0 Å². The highest BCUT2D eigenvalue weighted by molar-refractivity contribution is 7.92. The number of nitrogens with one attached hydrogen (secondary N) is 2. The van der Waals surface area contributed by atoms with Crippen LogP contribution in [0.3, 0.4) is 0 Å². The second-order valence-electron chi connectivity index (χ2n) is 6.85. The van der Waals surface area contributed by atoms with E-state index in [1.54, 1.807) is 25.1 Å². The van der Waals surface area contributed by atoms with E-state index >= 15 is 0 Å². The molecule has 0 aromatic heterocycles. The number of benzene rings is 3. The number of anilines is 2. The Hall–Kier alpha value is -4.52. The number of rotatable bonds is 9. The molecule has 0 aliphatic heterocycles. The van der Waals surface area contributed by atoms with Gasteiger partial charge in [0.25, 0.3) is 21.4 Å². The zero-order valence-electron chi connectivity index (χ0n) is 18.0. The minimum Gasteiger partial charge on any atom is -0.495 e. The van der Waals surface area contributed by atoms with Gasteiger partial charge in [0.2, 0.25) is 0 Å². The summed E-state index contributed by atoms with van der Waals surface area (Å²) in [5.74, 6) is 0.287. The molecule has 0 atom stereocenters. The topological polar surface area (TPSA) is 166 Å². The van der Waals surface area contributed by atoms with Crippen LogP contribution in [0, 0.1) is 20.2 Å². The monoisotopic (exact) mass is 485 g/mol. The van der Waals surface area contributed by atoms with Crippen molar-refractivity contribution in [3.05, 3.63) is 92.5 Å². The molecular weight excluding hydrogens is 466 g/mol. The molecule has 2 N–H and O–H groups in total. The lowest BCUT2D eigenvalue weighted by molar-refractivity contribution is -0.384. The van der Waals surface area contributed by atoms with Gasteiger partial charge in [-0.15, -0.1) is 0 Å². The summed E-state index contributed by atoms with van der Waals surface area (Å²) in [6.07, 6.45) is 0. The van der Waals surface area contributed by atoms with Crippen LogP contribution in [0.1, 0.15) is 12.5 Å². The van der Waals surface area contributed by atoms with Gasteiger partial charge in [0.15, 0.2) is 0 Å². The van der Waals surface area contributed by atoms with E-state index in [0.717, 1.165) is 6.07 Å². The number of ether oxygens (including phenoxy) is 1. The van der Waals surface area contributed by atoms with Gasteiger partial charge in [-0.2, -0.15) is 5.10 Å². The number of nitro benzene ring substituents is 2. The molecule has 0 unspecified atom stereocenters. The fourth-order valence-corrected chi connectivity index (χ4v) is 3.98. The van der Waals surface area contributed by atoms with Crippen molar-refractivity contribution < 1.29 is 23.0 Å². The number of para-hydroxylation sites is 2. The molecule has 0 heterocycles. The molecule has 0 aliphatic carbocycles. The average molecular weight is 485 g/mol. The first-order valence-electron chi connectivity index (χ1n) is 9.62. The third kappa shape index (κ3) is 5.45. The van der Waals surface area contributed by atoms with Crippen molar-refractivity contribution in [2.45, 2.75) is 11.8 Å². The summed E-state index contributed by atoms with van der Waals surface area (Å²) in [5, 5.41) is 26.4. The van der Waals surface area contributed by atoms with Gasteiger partial charge in [-0.25, -0.2) is 8.42 Å². The van der Waals surface area contributed by atoms with Gasteiger partial charge >= 0.3 is 0 Å². The van der Waals surface area contributed by atoms with Crippen molar-refractivity contribution >= 4 is 38.5 Å². The van der Waals surface area contributed by atoms with Crippen LogP contribution in [0.5, 0.6) is 5.75 Å². The van der Waals surface area contributed by atoms with Gasteiger partial charge in [0.1, 0.15) is 11.4 Å². The van der Waals surface area contributed by atoms with Crippen LogP contribution < -0.4 is 14.9 Å². The van der Waals surface area contributed by atoms with Crippen molar-refractivity contribution in [1.82, 2.24) is 0 Å². The van der Waals surface area contributed by atoms with Crippen molar-refractivity contribution in [3.8, 4) is 5.75 Å². The Morgan fingerprint density at radius 2 is 1.62 bits per heavy atom. The Bertz CT molecular complexity index is 1370. The number of nitro groups is 2. The minimum atomic E-state index is -4.16. The van der Waals surface area contributed by atoms with Gasteiger partial charge in [0.05, 0.1) is 33.3 Å². The predicted molar refractivity (Wildman–Crippen MR) is 126 cm³/mol. The van der Waals surface area contributed by atoms with E-state index in [0.29, 0.717) is 11.3 Å². The second kappa shape index (κ2) is 9.95. The van der Waals surface area contributed by atoms with Crippen LogP contribution in [0.25, 0.3) is 0 Å². The van der Waals surface area contributed by atoms with Crippen LogP contribution >= 0.6 is 0 Å². The Kier molecular flexibility index (Phi) is 7.06.